The smallest absolute Gasteiger partial charge is 0.227 e. The fourth-order valence-corrected chi connectivity index (χ4v) is 3.61. The molecule has 1 atom stereocenters. The van der Waals surface area contributed by atoms with Crippen LogP contribution in [-0.2, 0) is 20.7 Å². The van der Waals surface area contributed by atoms with E-state index in [1.807, 2.05) is 25.1 Å². The summed E-state index contributed by atoms with van der Waals surface area (Å²) in [7, 11) is 3.17. The Morgan fingerprint density at radius 1 is 1.33 bits per heavy atom. The molecular formula is C18H26N2O4. The Morgan fingerprint density at radius 3 is 2.71 bits per heavy atom. The molecule has 0 aromatic heterocycles. The molecular weight excluding hydrogens is 308 g/mol. The van der Waals surface area contributed by atoms with Crippen LogP contribution in [-0.4, -0.2) is 49.6 Å². The van der Waals surface area contributed by atoms with Gasteiger partial charge in [-0.15, -0.1) is 0 Å². The van der Waals surface area contributed by atoms with E-state index in [4.69, 9.17) is 15.2 Å². The molecule has 6 heteroatoms. The van der Waals surface area contributed by atoms with Gasteiger partial charge in [0.05, 0.1) is 32.1 Å². The number of hydrogen-bond acceptors (Lipinski definition) is 4. The number of nitrogens with zero attached hydrogens (tertiary/aromatic N) is 1. The lowest BCUT2D eigenvalue weighted by atomic mass is 9.92. The summed E-state index contributed by atoms with van der Waals surface area (Å²) < 4.78 is 10.7. The maximum absolute atomic E-state index is 12.9. The van der Waals surface area contributed by atoms with Gasteiger partial charge < -0.3 is 20.1 Å². The summed E-state index contributed by atoms with van der Waals surface area (Å²) in [5, 5.41) is 0. The van der Waals surface area contributed by atoms with Crippen molar-refractivity contribution in [2.45, 2.75) is 38.1 Å². The molecule has 1 unspecified atom stereocenters. The number of hydrogen-bond donors (Lipinski definition) is 1. The fraction of sp³-hybridized carbons (Fsp3) is 0.556. The van der Waals surface area contributed by atoms with E-state index in [9.17, 15) is 9.59 Å². The summed E-state index contributed by atoms with van der Waals surface area (Å²) in [5.41, 5.74) is 6.70. The van der Waals surface area contributed by atoms with Gasteiger partial charge >= 0.3 is 0 Å². The van der Waals surface area contributed by atoms with Crippen molar-refractivity contribution in [3.05, 3.63) is 29.3 Å². The first-order valence-electron chi connectivity index (χ1n) is 8.13. The molecule has 2 N–H and O–H groups in total. The zero-order valence-corrected chi connectivity index (χ0v) is 14.6. The molecule has 1 aromatic carbocycles. The molecule has 1 heterocycles. The van der Waals surface area contributed by atoms with Crippen LogP contribution in [0, 0.1) is 6.92 Å². The van der Waals surface area contributed by atoms with E-state index in [0.29, 0.717) is 18.9 Å². The van der Waals surface area contributed by atoms with Gasteiger partial charge in [-0.25, -0.2) is 0 Å². The number of carbonyl (C=O) groups is 2. The second kappa shape index (κ2) is 7.66. The van der Waals surface area contributed by atoms with Gasteiger partial charge in [-0.05, 0) is 25.8 Å². The minimum Gasteiger partial charge on any atom is -0.496 e. The number of carbonyl (C=O) groups excluding carboxylic acids is 2. The molecule has 0 aliphatic carbocycles. The molecule has 0 saturated carbocycles. The number of aryl methyl sites for hydroxylation is 1. The molecule has 0 bridgehead atoms. The zero-order chi connectivity index (χ0) is 17.7. The predicted molar refractivity (Wildman–Crippen MR) is 90.8 cm³/mol. The van der Waals surface area contributed by atoms with Gasteiger partial charge in [-0.2, -0.15) is 0 Å². The summed E-state index contributed by atoms with van der Waals surface area (Å²) in [6.07, 6.45) is 1.92. The lowest BCUT2D eigenvalue weighted by Crippen LogP contribution is -2.53. The first-order valence-corrected chi connectivity index (χ1v) is 8.13. The van der Waals surface area contributed by atoms with Crippen LogP contribution >= 0.6 is 0 Å². The molecule has 1 saturated heterocycles. The third kappa shape index (κ3) is 3.87. The Kier molecular flexibility index (Phi) is 5.83. The third-order valence-electron chi connectivity index (χ3n) is 4.59. The number of likely N-dealkylation sites (tertiary alicyclic amines) is 1. The predicted octanol–water partition coefficient (Wildman–Crippen LogP) is 1.43. The first-order chi connectivity index (χ1) is 11.4. The van der Waals surface area contributed by atoms with Crippen molar-refractivity contribution in [3.63, 3.8) is 0 Å². The number of benzene rings is 1. The van der Waals surface area contributed by atoms with Crippen LogP contribution in [0.2, 0.25) is 0 Å². The molecule has 1 aliphatic heterocycles. The van der Waals surface area contributed by atoms with E-state index in [1.165, 1.54) is 0 Å². The quantitative estimate of drug-likeness (QED) is 0.818. The largest absolute Gasteiger partial charge is 0.496 e. The van der Waals surface area contributed by atoms with E-state index in [0.717, 1.165) is 24.0 Å². The molecule has 0 radical (unpaired) electrons. The molecule has 0 spiro atoms. The summed E-state index contributed by atoms with van der Waals surface area (Å²) in [6, 6.07) is 5.78. The maximum Gasteiger partial charge on any atom is 0.227 e. The monoisotopic (exact) mass is 334 g/mol. The highest BCUT2D eigenvalue weighted by atomic mass is 16.5. The number of rotatable bonds is 7. The van der Waals surface area contributed by atoms with Gasteiger partial charge in [-0.1, -0.05) is 17.7 Å². The highest BCUT2D eigenvalue weighted by molar-refractivity contribution is 5.82. The molecule has 2 amide bonds. The molecule has 1 aromatic rings. The molecule has 6 nitrogen and oxygen atoms in total. The minimum atomic E-state index is -0.630. The van der Waals surface area contributed by atoms with Crippen molar-refractivity contribution in [2.24, 2.45) is 5.73 Å². The SMILES string of the molecule is COCC1(CC(N)=O)CCCN1C(=O)Cc1cc(C)ccc1OC. The van der Waals surface area contributed by atoms with Gasteiger partial charge in [0.1, 0.15) is 5.75 Å². The Balaban J connectivity index is 2.24. The van der Waals surface area contributed by atoms with Gasteiger partial charge in [-0.3, -0.25) is 9.59 Å². The second-order valence-electron chi connectivity index (χ2n) is 6.44. The van der Waals surface area contributed by atoms with Gasteiger partial charge in [0.25, 0.3) is 0 Å². The van der Waals surface area contributed by atoms with Crippen molar-refractivity contribution < 1.29 is 19.1 Å². The summed E-state index contributed by atoms with van der Waals surface area (Å²) in [5.74, 6) is 0.245. The average Bonchev–Trinajstić information content (AvgIpc) is 2.90. The first kappa shape index (κ1) is 18.3. The number of nitrogens with two attached hydrogens (primary N) is 1. The Bertz CT molecular complexity index is 617. The van der Waals surface area contributed by atoms with E-state index in [2.05, 4.69) is 0 Å². The van der Waals surface area contributed by atoms with E-state index < -0.39 is 11.4 Å². The van der Waals surface area contributed by atoms with E-state index in [1.54, 1.807) is 19.1 Å². The van der Waals surface area contributed by atoms with Gasteiger partial charge in [0.15, 0.2) is 0 Å². The highest BCUT2D eigenvalue weighted by Crippen LogP contribution is 2.34. The summed E-state index contributed by atoms with van der Waals surface area (Å²) >= 11 is 0. The van der Waals surface area contributed by atoms with Crippen molar-refractivity contribution in [3.8, 4) is 5.75 Å². The van der Waals surface area contributed by atoms with Crippen LogP contribution in [0.4, 0.5) is 0 Å². The number of amides is 2. The van der Waals surface area contributed by atoms with Gasteiger partial charge in [0, 0.05) is 19.2 Å². The van der Waals surface area contributed by atoms with E-state index >= 15 is 0 Å². The van der Waals surface area contributed by atoms with Crippen LogP contribution in [0.5, 0.6) is 5.75 Å². The molecule has 132 valence electrons. The maximum atomic E-state index is 12.9. The van der Waals surface area contributed by atoms with Crippen molar-refractivity contribution >= 4 is 11.8 Å². The third-order valence-corrected chi connectivity index (χ3v) is 4.59. The van der Waals surface area contributed by atoms with Crippen LogP contribution in [0.25, 0.3) is 0 Å². The molecule has 2 rings (SSSR count). The van der Waals surface area contributed by atoms with Crippen LogP contribution in [0.15, 0.2) is 18.2 Å². The average molecular weight is 334 g/mol. The molecule has 1 aliphatic rings. The normalized spacial score (nSPS) is 20.2. The Labute approximate surface area is 142 Å². The van der Waals surface area contributed by atoms with Crippen LogP contribution in [0.1, 0.15) is 30.4 Å². The topological polar surface area (TPSA) is 81.9 Å². The van der Waals surface area contributed by atoms with Crippen molar-refractivity contribution in [1.29, 1.82) is 0 Å². The van der Waals surface area contributed by atoms with Gasteiger partial charge in [0.2, 0.25) is 11.8 Å². The summed E-state index contributed by atoms with van der Waals surface area (Å²) in [6.45, 7) is 2.90. The zero-order valence-electron chi connectivity index (χ0n) is 14.6. The van der Waals surface area contributed by atoms with Crippen LogP contribution in [0.3, 0.4) is 0 Å². The Hall–Kier alpha value is -2.08. The molecule has 24 heavy (non-hydrogen) atoms. The highest BCUT2D eigenvalue weighted by Gasteiger charge is 2.44. The minimum absolute atomic E-state index is 0.0327. The number of ether oxygens (including phenoxy) is 2. The summed E-state index contributed by atoms with van der Waals surface area (Å²) in [4.78, 5) is 26.2. The Morgan fingerprint density at radius 2 is 2.08 bits per heavy atom. The standard InChI is InChI=1S/C18H26N2O4/c1-13-5-6-15(24-3)14(9-13)10-17(22)20-8-4-7-18(20,12-23-2)11-16(19)21/h5-6,9H,4,7-8,10-12H2,1-3H3,(H2,19,21). The lowest BCUT2D eigenvalue weighted by Gasteiger charge is -2.37. The van der Waals surface area contributed by atoms with Crippen molar-refractivity contribution in [2.75, 3.05) is 27.4 Å². The lowest BCUT2D eigenvalue weighted by molar-refractivity contribution is -0.138. The fourth-order valence-electron chi connectivity index (χ4n) is 3.61. The molecule has 1 fully saturated rings. The number of primary amides is 1. The number of methoxy groups -OCH3 is 2. The second-order valence-corrected chi connectivity index (χ2v) is 6.44. The van der Waals surface area contributed by atoms with Crippen molar-refractivity contribution in [1.82, 2.24) is 4.90 Å². The van der Waals surface area contributed by atoms with Crippen LogP contribution < -0.4 is 10.5 Å². The van der Waals surface area contributed by atoms with E-state index in [-0.39, 0.29) is 18.7 Å².